The third-order valence-electron chi connectivity index (χ3n) is 3.57. The van der Waals surface area contributed by atoms with Gasteiger partial charge in [-0.2, -0.15) is 0 Å². The number of carboxylic acid groups (broad SMARTS) is 1. The summed E-state index contributed by atoms with van der Waals surface area (Å²) in [5.41, 5.74) is 0.308. The number of aromatic carboxylic acids is 1. The van der Waals surface area contributed by atoms with Crippen LogP contribution in [-0.4, -0.2) is 40.1 Å². The molecule has 2 heterocycles. The fourth-order valence-electron chi connectivity index (χ4n) is 2.26. The van der Waals surface area contributed by atoms with Crippen molar-refractivity contribution in [2.45, 2.75) is 33.1 Å². The van der Waals surface area contributed by atoms with Crippen LogP contribution in [0.25, 0.3) is 0 Å². The number of nitrogens with zero attached hydrogens (tertiary/aromatic N) is 2. The zero-order valence-corrected chi connectivity index (χ0v) is 11.2. The Balaban J connectivity index is 2.08. The van der Waals surface area contributed by atoms with E-state index in [1.807, 2.05) is 0 Å². The SMILES string of the molecule is CC1(C)CCCN(C(=O)c2cc(C(=O)O)on2)CC1. The molecule has 0 spiro atoms. The van der Waals surface area contributed by atoms with Crippen molar-refractivity contribution in [3.05, 3.63) is 17.5 Å². The summed E-state index contributed by atoms with van der Waals surface area (Å²) in [4.78, 5) is 24.6. The molecular weight excluding hydrogens is 248 g/mol. The Labute approximate surface area is 111 Å². The molecule has 1 amide bonds. The van der Waals surface area contributed by atoms with E-state index in [1.165, 1.54) is 6.07 Å². The first-order valence-electron chi connectivity index (χ1n) is 6.38. The summed E-state index contributed by atoms with van der Waals surface area (Å²) in [5, 5.41) is 12.3. The van der Waals surface area contributed by atoms with E-state index < -0.39 is 5.97 Å². The highest BCUT2D eigenvalue weighted by Gasteiger charge is 2.27. The maximum atomic E-state index is 12.2. The van der Waals surface area contributed by atoms with Crippen LogP contribution in [0.2, 0.25) is 0 Å². The van der Waals surface area contributed by atoms with Crippen LogP contribution in [0.5, 0.6) is 0 Å². The minimum Gasteiger partial charge on any atom is -0.475 e. The number of hydrogen-bond acceptors (Lipinski definition) is 4. The van der Waals surface area contributed by atoms with E-state index in [-0.39, 0.29) is 22.8 Å². The van der Waals surface area contributed by atoms with Crippen molar-refractivity contribution in [2.24, 2.45) is 5.41 Å². The van der Waals surface area contributed by atoms with Gasteiger partial charge >= 0.3 is 5.97 Å². The van der Waals surface area contributed by atoms with Crippen molar-refractivity contribution in [1.82, 2.24) is 10.1 Å². The molecule has 0 aromatic carbocycles. The second-order valence-electron chi connectivity index (χ2n) is 5.69. The molecule has 1 N–H and O–H groups in total. The number of likely N-dealkylation sites (tertiary alicyclic amines) is 1. The molecule has 1 aromatic heterocycles. The number of rotatable bonds is 2. The average Bonchev–Trinajstić information content (AvgIpc) is 2.75. The topological polar surface area (TPSA) is 83.6 Å². The van der Waals surface area contributed by atoms with E-state index in [0.29, 0.717) is 13.1 Å². The van der Waals surface area contributed by atoms with E-state index >= 15 is 0 Å². The standard InChI is InChI=1S/C13H18N2O4/c1-13(2)4-3-6-15(7-5-13)11(16)9-8-10(12(17)18)19-14-9/h8H,3-7H2,1-2H3,(H,17,18). The zero-order valence-electron chi connectivity index (χ0n) is 11.2. The van der Waals surface area contributed by atoms with Crippen molar-refractivity contribution in [3.63, 3.8) is 0 Å². The smallest absolute Gasteiger partial charge is 0.374 e. The van der Waals surface area contributed by atoms with Crippen molar-refractivity contribution in [2.75, 3.05) is 13.1 Å². The maximum Gasteiger partial charge on any atom is 0.374 e. The molecule has 1 aromatic rings. The van der Waals surface area contributed by atoms with Crippen LogP contribution in [-0.2, 0) is 0 Å². The van der Waals surface area contributed by atoms with Crippen LogP contribution < -0.4 is 0 Å². The summed E-state index contributed by atoms with van der Waals surface area (Å²) >= 11 is 0. The highest BCUT2D eigenvalue weighted by atomic mass is 16.5. The minimum atomic E-state index is -1.22. The van der Waals surface area contributed by atoms with Gasteiger partial charge in [0.05, 0.1) is 0 Å². The third kappa shape index (κ3) is 3.13. The first kappa shape index (κ1) is 13.6. The second-order valence-corrected chi connectivity index (χ2v) is 5.69. The number of aromatic nitrogens is 1. The van der Waals surface area contributed by atoms with Crippen LogP contribution >= 0.6 is 0 Å². The maximum absolute atomic E-state index is 12.2. The number of amides is 1. The van der Waals surface area contributed by atoms with E-state index in [9.17, 15) is 9.59 Å². The molecule has 1 aliphatic rings. The van der Waals surface area contributed by atoms with E-state index in [2.05, 4.69) is 23.5 Å². The van der Waals surface area contributed by atoms with Gasteiger partial charge in [0, 0.05) is 19.2 Å². The van der Waals surface area contributed by atoms with Crippen LogP contribution in [0.1, 0.15) is 54.2 Å². The van der Waals surface area contributed by atoms with Gasteiger partial charge in [0.1, 0.15) is 0 Å². The fourth-order valence-corrected chi connectivity index (χ4v) is 2.26. The van der Waals surface area contributed by atoms with Gasteiger partial charge in [-0.25, -0.2) is 4.79 Å². The van der Waals surface area contributed by atoms with Gasteiger partial charge in [-0.15, -0.1) is 0 Å². The Bertz CT molecular complexity index is 493. The quantitative estimate of drug-likeness (QED) is 0.885. The van der Waals surface area contributed by atoms with Gasteiger partial charge in [-0.1, -0.05) is 19.0 Å². The van der Waals surface area contributed by atoms with Gasteiger partial charge in [-0.3, -0.25) is 4.79 Å². The highest BCUT2D eigenvalue weighted by Crippen LogP contribution is 2.30. The molecule has 0 radical (unpaired) electrons. The molecule has 6 nitrogen and oxygen atoms in total. The lowest BCUT2D eigenvalue weighted by Gasteiger charge is -2.22. The first-order valence-corrected chi connectivity index (χ1v) is 6.38. The number of carbonyl (C=O) groups excluding carboxylic acids is 1. The minimum absolute atomic E-state index is 0.0668. The Kier molecular flexibility index (Phi) is 3.59. The lowest BCUT2D eigenvalue weighted by atomic mass is 9.85. The Hall–Kier alpha value is -1.85. The molecule has 1 saturated heterocycles. The molecule has 0 aliphatic carbocycles. The number of carbonyl (C=O) groups is 2. The number of hydrogen-bond donors (Lipinski definition) is 1. The van der Waals surface area contributed by atoms with Crippen molar-refractivity contribution >= 4 is 11.9 Å². The number of carboxylic acids is 1. The summed E-state index contributed by atoms with van der Waals surface area (Å²) in [6.07, 6.45) is 2.96. The molecule has 0 bridgehead atoms. The van der Waals surface area contributed by atoms with Crippen LogP contribution in [0.4, 0.5) is 0 Å². The highest BCUT2D eigenvalue weighted by molar-refractivity contribution is 5.94. The van der Waals surface area contributed by atoms with Crippen molar-refractivity contribution < 1.29 is 19.2 Å². The largest absolute Gasteiger partial charge is 0.475 e. The van der Waals surface area contributed by atoms with E-state index in [1.54, 1.807) is 4.90 Å². The molecule has 6 heteroatoms. The average molecular weight is 266 g/mol. The molecule has 2 rings (SSSR count). The van der Waals surface area contributed by atoms with E-state index in [0.717, 1.165) is 19.3 Å². The van der Waals surface area contributed by atoms with Gasteiger partial charge in [0.15, 0.2) is 5.69 Å². The summed E-state index contributed by atoms with van der Waals surface area (Å²) < 4.78 is 4.61. The predicted octanol–water partition coefficient (Wildman–Crippen LogP) is 2.03. The molecule has 1 fully saturated rings. The molecule has 19 heavy (non-hydrogen) atoms. The Morgan fingerprint density at radius 3 is 2.74 bits per heavy atom. The molecular formula is C13H18N2O4. The Morgan fingerprint density at radius 1 is 1.37 bits per heavy atom. The lowest BCUT2D eigenvalue weighted by molar-refractivity contribution is 0.0648. The normalized spacial score (nSPS) is 18.9. The molecule has 0 saturated carbocycles. The lowest BCUT2D eigenvalue weighted by Crippen LogP contribution is -2.32. The summed E-state index contributed by atoms with van der Waals surface area (Å²) in [6.45, 7) is 5.73. The van der Waals surface area contributed by atoms with Crippen molar-refractivity contribution in [3.8, 4) is 0 Å². The Morgan fingerprint density at radius 2 is 2.11 bits per heavy atom. The second kappa shape index (κ2) is 5.03. The predicted molar refractivity (Wildman–Crippen MR) is 67.0 cm³/mol. The molecule has 1 aliphatic heterocycles. The fraction of sp³-hybridized carbons (Fsp3) is 0.615. The van der Waals surface area contributed by atoms with Crippen LogP contribution in [0, 0.1) is 5.41 Å². The van der Waals surface area contributed by atoms with Gasteiger partial charge in [-0.05, 0) is 24.7 Å². The van der Waals surface area contributed by atoms with E-state index in [4.69, 9.17) is 5.11 Å². The van der Waals surface area contributed by atoms with Gasteiger partial charge < -0.3 is 14.5 Å². The van der Waals surface area contributed by atoms with Gasteiger partial charge in [0.25, 0.3) is 5.91 Å². The third-order valence-corrected chi connectivity index (χ3v) is 3.57. The molecule has 104 valence electrons. The first-order chi connectivity index (χ1) is 8.89. The summed E-state index contributed by atoms with van der Waals surface area (Å²) in [7, 11) is 0. The van der Waals surface area contributed by atoms with Crippen LogP contribution in [0.3, 0.4) is 0 Å². The van der Waals surface area contributed by atoms with Crippen molar-refractivity contribution in [1.29, 1.82) is 0 Å². The van der Waals surface area contributed by atoms with Crippen LogP contribution in [0.15, 0.2) is 10.6 Å². The molecule has 0 atom stereocenters. The monoisotopic (exact) mass is 266 g/mol. The summed E-state index contributed by atoms with van der Waals surface area (Å²) in [5.74, 6) is -1.78. The zero-order chi connectivity index (χ0) is 14.0. The summed E-state index contributed by atoms with van der Waals surface area (Å²) in [6, 6.07) is 1.18. The molecule has 0 unspecified atom stereocenters. The van der Waals surface area contributed by atoms with Gasteiger partial charge in [0.2, 0.25) is 5.76 Å².